The first-order chi connectivity index (χ1) is 14.0. The van der Waals surface area contributed by atoms with Gasteiger partial charge in [0.05, 0.1) is 12.6 Å². The molecule has 2 atom stereocenters. The molecule has 1 N–H and O–H groups in total. The maximum Gasteiger partial charge on any atom is 0.346 e. The molecule has 1 amide bonds. The lowest BCUT2D eigenvalue weighted by atomic mass is 9.95. The molecule has 2 fully saturated rings. The minimum Gasteiger partial charge on any atom is -0.391 e. The van der Waals surface area contributed by atoms with Gasteiger partial charge in [-0.25, -0.2) is 9.48 Å². The summed E-state index contributed by atoms with van der Waals surface area (Å²) in [5.74, 6) is 0.669. The van der Waals surface area contributed by atoms with Gasteiger partial charge >= 0.3 is 5.69 Å². The number of hydrogen-bond donors (Lipinski definition) is 1. The number of carbonyl (C=O) groups is 1. The van der Waals surface area contributed by atoms with Crippen molar-refractivity contribution in [1.82, 2.24) is 19.2 Å². The van der Waals surface area contributed by atoms with Crippen molar-refractivity contribution in [2.75, 3.05) is 13.1 Å². The van der Waals surface area contributed by atoms with E-state index in [0.717, 1.165) is 31.5 Å². The van der Waals surface area contributed by atoms with Crippen LogP contribution in [0.4, 0.5) is 0 Å². The van der Waals surface area contributed by atoms with E-state index in [1.165, 1.54) is 11.1 Å². The van der Waals surface area contributed by atoms with Crippen molar-refractivity contribution in [3.05, 3.63) is 51.7 Å². The summed E-state index contributed by atoms with van der Waals surface area (Å²) in [6.45, 7) is 3.57. The van der Waals surface area contributed by atoms with Gasteiger partial charge in [0.1, 0.15) is 11.9 Å². The molecule has 1 saturated carbocycles. The van der Waals surface area contributed by atoms with E-state index in [0.29, 0.717) is 32.5 Å². The Labute approximate surface area is 169 Å². The third-order valence-corrected chi connectivity index (χ3v) is 6.86. The maximum absolute atomic E-state index is 13.2. The second kappa shape index (κ2) is 6.83. The van der Waals surface area contributed by atoms with E-state index in [1.807, 2.05) is 0 Å². The molecule has 3 aliphatic rings. The number of aliphatic hydroxyl groups excluding tert-OH is 1. The molecule has 0 spiro atoms. The van der Waals surface area contributed by atoms with Crippen molar-refractivity contribution in [3.8, 4) is 0 Å². The van der Waals surface area contributed by atoms with E-state index < -0.39 is 12.1 Å². The van der Waals surface area contributed by atoms with Gasteiger partial charge in [-0.2, -0.15) is 5.10 Å². The normalized spacial score (nSPS) is 25.1. The van der Waals surface area contributed by atoms with Crippen LogP contribution < -0.4 is 5.69 Å². The Hall–Kier alpha value is -2.41. The number of carbonyl (C=O) groups excluding carboxylic acids is 1. The highest BCUT2D eigenvalue weighted by Gasteiger charge is 2.46. The molecule has 0 radical (unpaired) electrons. The number of nitrogens with zero attached hydrogens (tertiary/aromatic N) is 4. The van der Waals surface area contributed by atoms with Gasteiger partial charge in [0, 0.05) is 24.9 Å². The molecule has 0 bridgehead atoms. The van der Waals surface area contributed by atoms with Gasteiger partial charge in [-0.3, -0.25) is 9.36 Å². The lowest BCUT2D eigenvalue weighted by molar-refractivity contribution is -0.134. The minimum atomic E-state index is -0.486. The number of β-amino-alcohol motifs (C(OH)–C–C–N with tert-alkyl or cyclic N) is 1. The van der Waals surface area contributed by atoms with E-state index in [-0.39, 0.29) is 17.0 Å². The molecule has 7 heteroatoms. The number of benzene rings is 1. The average Bonchev–Trinajstić information content (AvgIpc) is 3.26. The molecule has 0 unspecified atom stereocenters. The number of aliphatic hydroxyl groups is 1. The summed E-state index contributed by atoms with van der Waals surface area (Å²) in [7, 11) is 0. The second-order valence-corrected chi connectivity index (χ2v) is 9.01. The Balaban J connectivity index is 1.43. The standard InChI is InChI=1S/C22H28N4O3/c1-15-5-7-16(8-6-15)22(10-11-22)14-25-21(29)26-18(3-2-4-19(26)23-25)20(28)24-12-9-17(27)13-24/h5-8,17-18,27H,2-4,9-14H2,1H3/t17-,18-/m0/s1. The summed E-state index contributed by atoms with van der Waals surface area (Å²) in [6.07, 6.45) is 4.51. The zero-order chi connectivity index (χ0) is 20.2. The molecule has 29 heavy (non-hydrogen) atoms. The van der Waals surface area contributed by atoms with Gasteiger partial charge in [0.25, 0.3) is 0 Å². The van der Waals surface area contributed by atoms with Crippen molar-refractivity contribution in [3.63, 3.8) is 0 Å². The number of fused-ring (bicyclic) bond motifs is 1. The van der Waals surface area contributed by atoms with Crippen LogP contribution in [0.15, 0.2) is 29.1 Å². The Bertz CT molecular complexity index is 986. The van der Waals surface area contributed by atoms with Gasteiger partial charge in [0.15, 0.2) is 0 Å². The van der Waals surface area contributed by atoms with Crippen molar-refractivity contribution >= 4 is 5.91 Å². The van der Waals surface area contributed by atoms with E-state index >= 15 is 0 Å². The largest absolute Gasteiger partial charge is 0.391 e. The van der Waals surface area contributed by atoms with Crippen molar-refractivity contribution in [1.29, 1.82) is 0 Å². The smallest absolute Gasteiger partial charge is 0.346 e. The Morgan fingerprint density at radius 3 is 2.66 bits per heavy atom. The number of likely N-dealkylation sites (tertiary alicyclic amines) is 1. The maximum atomic E-state index is 13.2. The predicted octanol–water partition coefficient (Wildman–Crippen LogP) is 1.56. The molecule has 154 valence electrons. The van der Waals surface area contributed by atoms with Crippen LogP contribution in [0.3, 0.4) is 0 Å². The molecule has 1 saturated heterocycles. The van der Waals surface area contributed by atoms with Gasteiger partial charge in [0.2, 0.25) is 5.91 Å². The van der Waals surface area contributed by atoms with E-state index in [4.69, 9.17) is 0 Å². The Kier molecular flexibility index (Phi) is 4.38. The third-order valence-electron chi connectivity index (χ3n) is 6.86. The molecule has 5 rings (SSSR count). The highest BCUT2D eigenvalue weighted by Crippen LogP contribution is 2.49. The monoisotopic (exact) mass is 396 g/mol. The van der Waals surface area contributed by atoms with Gasteiger partial charge in [-0.05, 0) is 44.6 Å². The first-order valence-electron chi connectivity index (χ1n) is 10.7. The summed E-state index contributed by atoms with van der Waals surface area (Å²) < 4.78 is 3.22. The number of hydrogen-bond acceptors (Lipinski definition) is 4. The van der Waals surface area contributed by atoms with Crippen LogP contribution in [0.2, 0.25) is 0 Å². The molecule has 7 nitrogen and oxygen atoms in total. The average molecular weight is 396 g/mol. The number of aromatic nitrogens is 3. The van der Waals surface area contributed by atoms with E-state index in [1.54, 1.807) is 14.1 Å². The van der Waals surface area contributed by atoms with E-state index in [9.17, 15) is 14.7 Å². The first-order valence-corrected chi connectivity index (χ1v) is 10.7. The molecular weight excluding hydrogens is 368 g/mol. The van der Waals surface area contributed by atoms with Crippen LogP contribution >= 0.6 is 0 Å². The second-order valence-electron chi connectivity index (χ2n) is 9.01. The van der Waals surface area contributed by atoms with Gasteiger partial charge in [-0.15, -0.1) is 0 Å². The van der Waals surface area contributed by atoms with Crippen LogP contribution in [-0.4, -0.2) is 49.5 Å². The predicted molar refractivity (Wildman–Crippen MR) is 108 cm³/mol. The highest BCUT2D eigenvalue weighted by atomic mass is 16.3. The number of rotatable bonds is 4. The molecule has 1 aromatic carbocycles. The summed E-state index contributed by atoms with van der Waals surface area (Å²) in [6, 6.07) is 8.08. The van der Waals surface area contributed by atoms with Crippen LogP contribution in [0, 0.1) is 6.92 Å². The summed E-state index contributed by atoms with van der Waals surface area (Å²) >= 11 is 0. The fraction of sp³-hybridized carbons (Fsp3) is 0.591. The molecule has 1 aliphatic carbocycles. The lowest BCUT2D eigenvalue weighted by Crippen LogP contribution is -2.42. The van der Waals surface area contributed by atoms with Crippen LogP contribution in [0.1, 0.15) is 55.1 Å². The minimum absolute atomic E-state index is 0.0133. The van der Waals surface area contributed by atoms with Crippen LogP contribution in [-0.2, 0) is 23.2 Å². The van der Waals surface area contributed by atoms with Crippen LogP contribution in [0.5, 0.6) is 0 Å². The van der Waals surface area contributed by atoms with Gasteiger partial charge in [-0.1, -0.05) is 29.8 Å². The van der Waals surface area contributed by atoms with Crippen molar-refractivity contribution < 1.29 is 9.90 Å². The Morgan fingerprint density at radius 2 is 2.00 bits per heavy atom. The topological polar surface area (TPSA) is 80.4 Å². The third kappa shape index (κ3) is 3.21. The van der Waals surface area contributed by atoms with E-state index in [2.05, 4.69) is 36.3 Å². The molecule has 2 aromatic rings. The summed E-state index contributed by atoms with van der Waals surface area (Å²) in [5.41, 5.74) is 2.31. The SMILES string of the molecule is Cc1ccc(C2(Cn3nc4n(c3=O)[C@H](C(=O)N3CC[C@H](O)C3)CCC4)CC2)cc1. The molecule has 1 aromatic heterocycles. The quantitative estimate of drug-likeness (QED) is 0.850. The zero-order valence-corrected chi connectivity index (χ0v) is 16.9. The molecule has 3 heterocycles. The molecular formula is C22H28N4O3. The van der Waals surface area contributed by atoms with Crippen LogP contribution in [0.25, 0.3) is 0 Å². The number of amides is 1. The highest BCUT2D eigenvalue weighted by molar-refractivity contribution is 5.81. The van der Waals surface area contributed by atoms with Crippen molar-refractivity contribution in [2.45, 2.75) is 69.6 Å². The van der Waals surface area contributed by atoms with Crippen molar-refractivity contribution in [2.24, 2.45) is 0 Å². The zero-order valence-electron chi connectivity index (χ0n) is 16.9. The molecule has 2 aliphatic heterocycles. The first kappa shape index (κ1) is 18.6. The number of aryl methyl sites for hydroxylation is 2. The van der Waals surface area contributed by atoms with Gasteiger partial charge < -0.3 is 10.0 Å². The lowest BCUT2D eigenvalue weighted by Gasteiger charge is -2.27. The fourth-order valence-corrected chi connectivity index (χ4v) is 4.90. The summed E-state index contributed by atoms with van der Waals surface area (Å²) in [4.78, 5) is 28.0. The Morgan fingerprint density at radius 1 is 1.24 bits per heavy atom. The summed E-state index contributed by atoms with van der Waals surface area (Å²) in [5, 5.41) is 14.4. The fourth-order valence-electron chi connectivity index (χ4n) is 4.90.